The van der Waals surface area contributed by atoms with Gasteiger partial charge in [-0.05, 0) is 103 Å². The molecule has 302 valence electrons. The number of hydrogen-bond donors (Lipinski definition) is 6. The molecule has 0 bridgehead atoms. The monoisotopic (exact) mass is 818 g/mol. The Bertz CT molecular complexity index is 2880. The molecule has 0 aliphatic heterocycles. The average Bonchev–Trinajstić information content (AvgIpc) is 3.30. The number of anilines is 6. The summed E-state index contributed by atoms with van der Waals surface area (Å²) in [6.45, 7) is 0. The van der Waals surface area contributed by atoms with Crippen LogP contribution < -0.4 is 32.7 Å². The number of hydrogen-bond acceptors (Lipinski definition) is 12. The Hall–Kier alpha value is -9.18. The van der Waals surface area contributed by atoms with Gasteiger partial charge in [-0.2, -0.15) is 0 Å². The number of nitrogen functional groups attached to an aromatic ring is 2. The van der Waals surface area contributed by atoms with E-state index in [0.717, 1.165) is 0 Å². The second kappa shape index (κ2) is 17.8. The minimum atomic E-state index is -0.694. The van der Waals surface area contributed by atoms with Gasteiger partial charge in [0.25, 0.3) is 23.6 Å². The minimum absolute atomic E-state index is 0.0472. The highest BCUT2D eigenvalue weighted by molar-refractivity contribution is 6.14. The summed E-state index contributed by atoms with van der Waals surface area (Å²) in [6.07, 6.45) is 9.24. The lowest BCUT2D eigenvalue weighted by atomic mass is 10.0. The van der Waals surface area contributed by atoms with E-state index in [-0.39, 0.29) is 51.0 Å². The Balaban J connectivity index is 1.15. The molecule has 0 atom stereocenters. The van der Waals surface area contributed by atoms with E-state index in [1.165, 1.54) is 43.0 Å². The quantitative estimate of drug-likeness (QED) is 0.0757. The zero-order chi connectivity index (χ0) is 43.0. The van der Waals surface area contributed by atoms with Gasteiger partial charge in [0.05, 0.1) is 34.1 Å². The second-order valence-electron chi connectivity index (χ2n) is 13.5. The van der Waals surface area contributed by atoms with Crippen LogP contribution in [0.3, 0.4) is 0 Å². The van der Waals surface area contributed by atoms with Gasteiger partial charge in [-0.3, -0.25) is 49.1 Å². The number of nitrogens with two attached hydrogens (primary N) is 2. The Labute approximate surface area is 353 Å². The van der Waals surface area contributed by atoms with E-state index in [1.54, 1.807) is 116 Å². The first-order chi connectivity index (χ1) is 30.2. The molecular weight excluding hydrogens is 785 g/mol. The summed E-state index contributed by atoms with van der Waals surface area (Å²) in [5, 5.41) is 11.4. The van der Waals surface area contributed by atoms with Gasteiger partial charge >= 0.3 is 0 Å². The molecule has 0 aliphatic carbocycles. The third-order valence-electron chi connectivity index (χ3n) is 9.33. The number of amides is 4. The lowest BCUT2D eigenvalue weighted by Gasteiger charge is -2.15. The number of benzene rings is 2. The summed E-state index contributed by atoms with van der Waals surface area (Å²) in [4.78, 5) is 82.3. The molecule has 6 aromatic heterocycles. The van der Waals surface area contributed by atoms with Gasteiger partial charge in [-0.25, -0.2) is 0 Å². The van der Waals surface area contributed by atoms with Gasteiger partial charge in [0, 0.05) is 59.4 Å². The highest BCUT2D eigenvalue weighted by Gasteiger charge is 2.22. The summed E-state index contributed by atoms with van der Waals surface area (Å²) in [5.74, 6) is -2.41. The molecule has 6 heterocycles. The standard InChI is InChI=1S/C46H34N12O4/c47-31-12-4-18-49-37(31)39-33(14-6-20-51-39)56-44(60)28-24-29(45(61)57-34-15-7-21-52-40(34)38-32(48)13-5-19-50-38)26-30(25-28)46(62)58-36-17-9-23-54-42(36)41-35(16-8-22-53-41)55-43(59)27-10-2-1-3-11-27/h1-26H,47-48H2,(H,55,59)(H,56,60)(H,57,61)(H,58,62). The van der Waals surface area contributed by atoms with Crippen LogP contribution in [0.2, 0.25) is 0 Å². The molecule has 0 aliphatic rings. The minimum Gasteiger partial charge on any atom is -0.397 e. The largest absolute Gasteiger partial charge is 0.397 e. The van der Waals surface area contributed by atoms with Crippen LogP contribution in [0.15, 0.2) is 159 Å². The highest BCUT2D eigenvalue weighted by Crippen LogP contribution is 2.32. The van der Waals surface area contributed by atoms with Crippen LogP contribution in [0.1, 0.15) is 41.4 Å². The van der Waals surface area contributed by atoms with Crippen LogP contribution in [0.4, 0.5) is 34.1 Å². The molecule has 2 aromatic carbocycles. The Kier molecular flexibility index (Phi) is 11.4. The first kappa shape index (κ1) is 39.6. The fourth-order valence-electron chi connectivity index (χ4n) is 6.40. The second-order valence-corrected chi connectivity index (χ2v) is 13.5. The van der Waals surface area contributed by atoms with Crippen LogP contribution >= 0.6 is 0 Å². The molecule has 0 saturated carbocycles. The van der Waals surface area contributed by atoms with Crippen molar-refractivity contribution < 1.29 is 19.2 Å². The van der Waals surface area contributed by atoms with Crippen molar-refractivity contribution in [2.75, 3.05) is 32.7 Å². The van der Waals surface area contributed by atoms with Gasteiger partial charge in [0.15, 0.2) is 0 Å². The molecule has 8 rings (SSSR count). The van der Waals surface area contributed by atoms with Gasteiger partial charge in [-0.1, -0.05) is 18.2 Å². The number of nitrogens with zero attached hydrogens (tertiary/aromatic N) is 6. The number of carbonyl (C=O) groups excluding carboxylic acids is 4. The molecule has 0 fully saturated rings. The third kappa shape index (κ3) is 8.64. The van der Waals surface area contributed by atoms with Gasteiger partial charge in [0.2, 0.25) is 0 Å². The highest BCUT2D eigenvalue weighted by atomic mass is 16.2. The molecular formula is C46H34N12O4. The van der Waals surface area contributed by atoms with Crippen molar-refractivity contribution in [1.82, 2.24) is 29.9 Å². The molecule has 0 radical (unpaired) electrons. The van der Waals surface area contributed by atoms with E-state index < -0.39 is 17.7 Å². The number of nitrogens with one attached hydrogen (secondary N) is 4. The van der Waals surface area contributed by atoms with Crippen LogP contribution in [-0.4, -0.2) is 53.5 Å². The van der Waals surface area contributed by atoms with Crippen LogP contribution in [-0.2, 0) is 0 Å². The molecule has 4 amide bonds. The van der Waals surface area contributed by atoms with Crippen LogP contribution in [0, 0.1) is 0 Å². The number of pyridine rings is 6. The van der Waals surface area contributed by atoms with Crippen molar-refractivity contribution in [3.8, 4) is 34.2 Å². The fraction of sp³-hybridized carbons (Fsp3) is 0. The summed E-state index contributed by atoms with van der Waals surface area (Å²) >= 11 is 0. The van der Waals surface area contributed by atoms with Crippen LogP contribution in [0.5, 0.6) is 0 Å². The predicted octanol–water partition coefficient (Wildman–Crippen LogP) is 7.23. The third-order valence-corrected chi connectivity index (χ3v) is 9.33. The van der Waals surface area contributed by atoms with Crippen molar-refractivity contribution in [2.24, 2.45) is 0 Å². The van der Waals surface area contributed by atoms with E-state index >= 15 is 0 Å². The van der Waals surface area contributed by atoms with Crippen molar-refractivity contribution in [2.45, 2.75) is 0 Å². The molecule has 8 aromatic rings. The molecule has 0 unspecified atom stereocenters. The van der Waals surface area contributed by atoms with Gasteiger partial charge in [-0.15, -0.1) is 0 Å². The lowest BCUT2D eigenvalue weighted by Crippen LogP contribution is -2.20. The van der Waals surface area contributed by atoms with Crippen molar-refractivity contribution in [1.29, 1.82) is 0 Å². The smallest absolute Gasteiger partial charge is 0.255 e. The fourth-order valence-corrected chi connectivity index (χ4v) is 6.40. The Morgan fingerprint density at radius 3 is 0.919 bits per heavy atom. The maximum Gasteiger partial charge on any atom is 0.255 e. The maximum atomic E-state index is 14.3. The van der Waals surface area contributed by atoms with Crippen molar-refractivity contribution >= 4 is 57.8 Å². The average molecular weight is 819 g/mol. The van der Waals surface area contributed by atoms with Crippen molar-refractivity contribution in [3.05, 3.63) is 181 Å². The Morgan fingerprint density at radius 1 is 0.323 bits per heavy atom. The van der Waals surface area contributed by atoms with Gasteiger partial charge in [0.1, 0.15) is 34.2 Å². The lowest BCUT2D eigenvalue weighted by molar-refractivity contribution is 0.101. The summed E-state index contributed by atoms with van der Waals surface area (Å²) in [7, 11) is 0. The number of aromatic nitrogens is 6. The topological polar surface area (TPSA) is 246 Å². The SMILES string of the molecule is Nc1cccnc1-c1ncccc1NC(=O)c1cc(C(=O)Nc2cccnc2-c2ncccc2N)cc(C(=O)Nc2cccnc2-c2ncccc2NC(=O)c2ccccc2)c1. The molecule has 0 spiro atoms. The van der Waals surface area contributed by atoms with E-state index in [0.29, 0.717) is 45.4 Å². The first-order valence-electron chi connectivity index (χ1n) is 18.9. The molecule has 0 saturated heterocycles. The summed E-state index contributed by atoms with van der Waals surface area (Å²) in [6, 6.07) is 32.5. The van der Waals surface area contributed by atoms with Crippen molar-refractivity contribution in [3.63, 3.8) is 0 Å². The van der Waals surface area contributed by atoms with E-state index in [9.17, 15) is 19.2 Å². The van der Waals surface area contributed by atoms with E-state index in [1.807, 2.05) is 0 Å². The van der Waals surface area contributed by atoms with Gasteiger partial charge < -0.3 is 32.7 Å². The zero-order valence-corrected chi connectivity index (χ0v) is 32.5. The Morgan fingerprint density at radius 2 is 0.597 bits per heavy atom. The van der Waals surface area contributed by atoms with E-state index in [2.05, 4.69) is 51.2 Å². The van der Waals surface area contributed by atoms with Crippen LogP contribution in [0.25, 0.3) is 34.2 Å². The normalized spacial score (nSPS) is 10.6. The summed E-state index contributed by atoms with van der Waals surface area (Å²) in [5.41, 5.74) is 16.3. The number of rotatable bonds is 11. The molecule has 16 nitrogen and oxygen atoms in total. The molecule has 16 heteroatoms. The number of carbonyl (C=O) groups is 4. The van der Waals surface area contributed by atoms with E-state index in [4.69, 9.17) is 11.5 Å². The summed E-state index contributed by atoms with van der Waals surface area (Å²) < 4.78 is 0. The molecule has 62 heavy (non-hydrogen) atoms. The maximum absolute atomic E-state index is 14.3. The molecule has 8 N–H and O–H groups in total. The predicted molar refractivity (Wildman–Crippen MR) is 236 cm³/mol. The zero-order valence-electron chi connectivity index (χ0n) is 32.5. The first-order valence-corrected chi connectivity index (χ1v) is 18.9.